The predicted octanol–water partition coefficient (Wildman–Crippen LogP) is 1.32. The Labute approximate surface area is 94.3 Å². The molecule has 84 valence electrons. The summed E-state index contributed by atoms with van der Waals surface area (Å²) in [7, 11) is 1.85. The molecule has 2 aromatic rings. The molecule has 2 rings (SSSR count). The number of anilines is 2. The van der Waals surface area contributed by atoms with E-state index in [1.807, 2.05) is 32.2 Å². The van der Waals surface area contributed by atoms with Crippen molar-refractivity contribution >= 4 is 11.4 Å². The first-order valence-corrected chi connectivity index (χ1v) is 5.10. The van der Waals surface area contributed by atoms with Crippen LogP contribution in [0.5, 0.6) is 0 Å². The summed E-state index contributed by atoms with van der Waals surface area (Å²) in [6, 6.07) is 5.81. The summed E-state index contributed by atoms with van der Waals surface area (Å²) >= 11 is 0. The van der Waals surface area contributed by atoms with Gasteiger partial charge in [0.25, 0.3) is 0 Å². The number of nitrogens with one attached hydrogen (secondary N) is 1. The number of nitrogens with zero attached hydrogens (tertiary/aromatic N) is 3. The van der Waals surface area contributed by atoms with E-state index in [1.165, 1.54) is 0 Å². The number of rotatable bonds is 3. The average Bonchev–Trinajstić information content (AvgIpc) is 2.67. The van der Waals surface area contributed by atoms with Crippen LogP contribution in [-0.2, 0) is 13.6 Å². The van der Waals surface area contributed by atoms with Gasteiger partial charge in [0, 0.05) is 18.4 Å². The molecule has 1 heterocycles. The molecule has 0 aliphatic heterocycles. The zero-order chi connectivity index (χ0) is 11.5. The lowest BCUT2D eigenvalue weighted by atomic mass is 10.1. The van der Waals surface area contributed by atoms with Gasteiger partial charge < -0.3 is 11.1 Å². The van der Waals surface area contributed by atoms with Crippen molar-refractivity contribution in [3.63, 3.8) is 0 Å². The van der Waals surface area contributed by atoms with Crippen LogP contribution >= 0.6 is 0 Å². The van der Waals surface area contributed by atoms with Gasteiger partial charge in [0.2, 0.25) is 0 Å². The van der Waals surface area contributed by atoms with Crippen LogP contribution in [0.2, 0.25) is 0 Å². The van der Waals surface area contributed by atoms with Crippen LogP contribution in [-0.4, -0.2) is 14.8 Å². The van der Waals surface area contributed by atoms with Gasteiger partial charge in [-0.25, -0.2) is 4.98 Å². The van der Waals surface area contributed by atoms with E-state index >= 15 is 0 Å². The first-order chi connectivity index (χ1) is 7.66. The minimum absolute atomic E-state index is 0.602. The molecule has 0 saturated heterocycles. The molecule has 1 aromatic heterocycles. The summed E-state index contributed by atoms with van der Waals surface area (Å²) in [5, 5.41) is 7.45. The Hall–Kier alpha value is -2.04. The summed E-state index contributed by atoms with van der Waals surface area (Å²) in [6.45, 7) is 2.59. The Morgan fingerprint density at radius 3 is 2.94 bits per heavy atom. The molecule has 5 nitrogen and oxygen atoms in total. The highest BCUT2D eigenvalue weighted by atomic mass is 15.3. The molecule has 0 unspecified atom stereocenters. The Morgan fingerprint density at radius 2 is 2.25 bits per heavy atom. The van der Waals surface area contributed by atoms with Gasteiger partial charge in [-0.3, -0.25) is 4.68 Å². The molecule has 1 aromatic carbocycles. The van der Waals surface area contributed by atoms with Crippen LogP contribution in [0.4, 0.5) is 11.4 Å². The molecular formula is C11H15N5. The van der Waals surface area contributed by atoms with Crippen molar-refractivity contribution in [2.24, 2.45) is 7.05 Å². The molecular weight excluding hydrogens is 202 g/mol. The molecule has 0 fully saturated rings. The Balaban J connectivity index is 2.07. The second-order valence-electron chi connectivity index (χ2n) is 3.71. The third kappa shape index (κ3) is 2.13. The van der Waals surface area contributed by atoms with Gasteiger partial charge in [-0.2, -0.15) is 5.10 Å². The minimum atomic E-state index is 0.602. The minimum Gasteiger partial charge on any atom is -0.398 e. The maximum atomic E-state index is 5.82. The smallest absolute Gasteiger partial charge is 0.169 e. The van der Waals surface area contributed by atoms with Crippen molar-refractivity contribution in [2.45, 2.75) is 13.5 Å². The lowest BCUT2D eigenvalue weighted by Gasteiger charge is -2.09. The van der Waals surface area contributed by atoms with E-state index in [1.54, 1.807) is 11.0 Å². The quantitative estimate of drug-likeness (QED) is 0.761. The maximum Gasteiger partial charge on any atom is 0.169 e. The van der Waals surface area contributed by atoms with Crippen molar-refractivity contribution in [2.75, 3.05) is 11.1 Å². The van der Waals surface area contributed by atoms with Crippen LogP contribution in [0.1, 0.15) is 11.4 Å². The molecule has 0 bridgehead atoms. The van der Waals surface area contributed by atoms with Crippen LogP contribution in [0.3, 0.4) is 0 Å². The zero-order valence-electron chi connectivity index (χ0n) is 9.44. The third-order valence-electron chi connectivity index (χ3n) is 2.46. The van der Waals surface area contributed by atoms with Crippen LogP contribution < -0.4 is 11.1 Å². The van der Waals surface area contributed by atoms with Crippen LogP contribution in [0.15, 0.2) is 24.5 Å². The summed E-state index contributed by atoms with van der Waals surface area (Å²) in [6.07, 6.45) is 1.68. The molecule has 0 amide bonds. The fraction of sp³-hybridized carbons (Fsp3) is 0.273. The first kappa shape index (κ1) is 10.5. The van der Waals surface area contributed by atoms with Gasteiger partial charge in [0.1, 0.15) is 6.33 Å². The third-order valence-corrected chi connectivity index (χ3v) is 2.46. The molecule has 0 radical (unpaired) electrons. The Morgan fingerprint density at radius 1 is 1.44 bits per heavy atom. The van der Waals surface area contributed by atoms with Crippen molar-refractivity contribution in [1.82, 2.24) is 14.8 Å². The highest BCUT2D eigenvalue weighted by Crippen LogP contribution is 2.20. The van der Waals surface area contributed by atoms with E-state index in [2.05, 4.69) is 15.4 Å². The lowest BCUT2D eigenvalue weighted by molar-refractivity contribution is 0.747. The van der Waals surface area contributed by atoms with Crippen molar-refractivity contribution < 1.29 is 0 Å². The van der Waals surface area contributed by atoms with Gasteiger partial charge in [0.15, 0.2) is 5.82 Å². The summed E-state index contributed by atoms with van der Waals surface area (Å²) in [5.41, 5.74) is 8.68. The molecule has 0 saturated carbocycles. The van der Waals surface area contributed by atoms with Gasteiger partial charge in [-0.15, -0.1) is 0 Å². The number of aryl methyl sites for hydroxylation is 1. The monoisotopic (exact) mass is 217 g/mol. The molecule has 16 heavy (non-hydrogen) atoms. The summed E-state index contributed by atoms with van der Waals surface area (Å²) < 4.78 is 1.68. The lowest BCUT2D eigenvalue weighted by Crippen LogP contribution is -2.04. The number of benzene rings is 1. The summed E-state index contributed by atoms with van der Waals surface area (Å²) in [5.74, 6) is 0.768. The second-order valence-corrected chi connectivity index (χ2v) is 3.71. The standard InChI is InChI=1S/C11H15N5/c1-8-9(12)4-3-5-10(8)13-6-11-14-7-16(2)15-11/h3-5,7,13H,6,12H2,1-2H3. The number of aromatic nitrogens is 3. The molecule has 3 N–H and O–H groups in total. The topological polar surface area (TPSA) is 68.8 Å². The van der Waals surface area contributed by atoms with E-state index in [9.17, 15) is 0 Å². The average molecular weight is 217 g/mol. The maximum absolute atomic E-state index is 5.82. The van der Waals surface area contributed by atoms with Crippen LogP contribution in [0, 0.1) is 6.92 Å². The van der Waals surface area contributed by atoms with E-state index in [-0.39, 0.29) is 0 Å². The highest BCUT2D eigenvalue weighted by Gasteiger charge is 2.02. The van der Waals surface area contributed by atoms with Crippen molar-refractivity contribution in [1.29, 1.82) is 0 Å². The molecule has 0 aliphatic carbocycles. The van der Waals surface area contributed by atoms with Gasteiger partial charge in [-0.1, -0.05) is 6.07 Å². The fourth-order valence-corrected chi connectivity index (χ4v) is 1.48. The normalized spacial score (nSPS) is 10.4. The van der Waals surface area contributed by atoms with E-state index in [0.717, 1.165) is 22.8 Å². The number of nitrogens with two attached hydrogens (primary N) is 1. The second kappa shape index (κ2) is 4.22. The number of hydrogen-bond donors (Lipinski definition) is 2. The zero-order valence-corrected chi connectivity index (χ0v) is 9.44. The van der Waals surface area contributed by atoms with Gasteiger partial charge in [0.05, 0.1) is 6.54 Å². The summed E-state index contributed by atoms with van der Waals surface area (Å²) in [4.78, 5) is 4.14. The SMILES string of the molecule is Cc1c(N)cccc1NCc1ncn(C)n1. The van der Waals surface area contributed by atoms with Crippen molar-refractivity contribution in [3.05, 3.63) is 35.9 Å². The van der Waals surface area contributed by atoms with Gasteiger partial charge >= 0.3 is 0 Å². The molecule has 5 heteroatoms. The fourth-order valence-electron chi connectivity index (χ4n) is 1.48. The highest BCUT2D eigenvalue weighted by molar-refractivity contribution is 5.62. The van der Waals surface area contributed by atoms with Crippen LogP contribution in [0.25, 0.3) is 0 Å². The van der Waals surface area contributed by atoms with Crippen molar-refractivity contribution in [3.8, 4) is 0 Å². The molecule has 0 atom stereocenters. The number of hydrogen-bond acceptors (Lipinski definition) is 4. The van der Waals surface area contributed by atoms with E-state index < -0.39 is 0 Å². The van der Waals surface area contributed by atoms with E-state index in [0.29, 0.717) is 6.54 Å². The predicted molar refractivity (Wildman–Crippen MR) is 63.9 cm³/mol. The Bertz CT molecular complexity index is 489. The number of nitrogen functional groups attached to an aromatic ring is 1. The molecule has 0 aliphatic rings. The first-order valence-electron chi connectivity index (χ1n) is 5.10. The van der Waals surface area contributed by atoms with Gasteiger partial charge in [-0.05, 0) is 24.6 Å². The molecule has 0 spiro atoms. The van der Waals surface area contributed by atoms with E-state index in [4.69, 9.17) is 5.73 Å². The largest absolute Gasteiger partial charge is 0.398 e. The Kier molecular flexibility index (Phi) is 2.76.